The fraction of sp³-hybridized carbons (Fsp3) is 0.500. The van der Waals surface area contributed by atoms with E-state index in [9.17, 15) is 14.7 Å². The zero-order valence-corrected chi connectivity index (χ0v) is 19.3. The first-order valence-corrected chi connectivity index (χ1v) is 10.8. The predicted octanol–water partition coefficient (Wildman–Crippen LogP) is 1.51. The molecule has 0 aliphatic carbocycles. The summed E-state index contributed by atoms with van der Waals surface area (Å²) in [5.74, 6) is -0.507. The number of hydrogen-bond donors (Lipinski definition) is 4. The van der Waals surface area contributed by atoms with Crippen molar-refractivity contribution >= 4 is 24.6 Å². The van der Waals surface area contributed by atoms with E-state index < -0.39 is 18.2 Å². The lowest BCUT2D eigenvalue weighted by molar-refractivity contribution is -0.141. The van der Waals surface area contributed by atoms with Crippen LogP contribution in [-0.4, -0.2) is 56.3 Å². The summed E-state index contributed by atoms with van der Waals surface area (Å²) < 4.78 is 4.56. The Kier molecular flexibility index (Phi) is 7.08. The molecule has 31 heavy (non-hydrogen) atoms. The standard InChI is InChI=1S/C22H31N5O3S/c1-22(2,3)19(25-31)21(30)27-13-16(28)11-18(27)20(29)23-12-14-5-7-15(8-6-14)17-9-10-24-26(17)4/h5-10,16,18-19,25,28,31H,11-13H2,1-4H3,(H,23,29)/t16-,18+,19-/m1/s1. The molecule has 1 aliphatic heterocycles. The van der Waals surface area contributed by atoms with Crippen molar-refractivity contribution in [3.63, 3.8) is 0 Å². The number of benzene rings is 1. The molecule has 0 saturated carbocycles. The maximum atomic E-state index is 13.1. The second-order valence-electron chi connectivity index (χ2n) is 9.08. The Balaban J connectivity index is 1.65. The lowest BCUT2D eigenvalue weighted by atomic mass is 9.86. The quantitative estimate of drug-likeness (QED) is 0.505. The van der Waals surface area contributed by atoms with Gasteiger partial charge in [0.1, 0.15) is 12.1 Å². The number of carbonyl (C=O) groups excluding carboxylic acids is 2. The van der Waals surface area contributed by atoms with E-state index in [1.807, 2.05) is 58.2 Å². The highest BCUT2D eigenvalue weighted by Gasteiger charge is 2.43. The molecule has 0 unspecified atom stereocenters. The van der Waals surface area contributed by atoms with Crippen LogP contribution in [0.15, 0.2) is 36.5 Å². The van der Waals surface area contributed by atoms with Gasteiger partial charge in [0.15, 0.2) is 0 Å². The molecule has 168 valence electrons. The summed E-state index contributed by atoms with van der Waals surface area (Å²) in [5.41, 5.74) is 2.61. The Labute approximate surface area is 188 Å². The summed E-state index contributed by atoms with van der Waals surface area (Å²) in [4.78, 5) is 27.4. The van der Waals surface area contributed by atoms with Crippen LogP contribution in [0.5, 0.6) is 0 Å². The monoisotopic (exact) mass is 445 g/mol. The van der Waals surface area contributed by atoms with Crippen LogP contribution in [0.25, 0.3) is 11.3 Å². The van der Waals surface area contributed by atoms with Crippen molar-refractivity contribution in [3.05, 3.63) is 42.1 Å². The Morgan fingerprint density at radius 2 is 1.94 bits per heavy atom. The molecule has 2 aromatic rings. The molecule has 1 fully saturated rings. The number of amides is 2. The summed E-state index contributed by atoms with van der Waals surface area (Å²) in [6, 6.07) is 8.54. The van der Waals surface area contributed by atoms with E-state index in [0.717, 1.165) is 16.8 Å². The van der Waals surface area contributed by atoms with Gasteiger partial charge in [0.25, 0.3) is 0 Å². The van der Waals surface area contributed by atoms with E-state index in [1.54, 1.807) is 10.9 Å². The first-order valence-electron chi connectivity index (χ1n) is 10.3. The number of hydrogen-bond acceptors (Lipinski definition) is 6. The number of aromatic nitrogens is 2. The molecule has 3 rings (SSSR count). The number of aliphatic hydroxyl groups is 1. The van der Waals surface area contributed by atoms with Gasteiger partial charge in [0.05, 0.1) is 11.8 Å². The molecule has 1 aliphatic rings. The maximum Gasteiger partial charge on any atom is 0.243 e. The number of thiol groups is 1. The van der Waals surface area contributed by atoms with Crippen LogP contribution in [0.4, 0.5) is 0 Å². The molecule has 1 aromatic heterocycles. The second-order valence-corrected chi connectivity index (χ2v) is 9.34. The lowest BCUT2D eigenvalue weighted by Gasteiger charge is -2.34. The second kappa shape index (κ2) is 9.42. The average molecular weight is 446 g/mol. The van der Waals surface area contributed by atoms with Crippen LogP contribution in [0, 0.1) is 5.41 Å². The van der Waals surface area contributed by atoms with Crippen molar-refractivity contribution in [3.8, 4) is 11.3 Å². The molecule has 1 aromatic carbocycles. The first-order chi connectivity index (χ1) is 14.6. The Morgan fingerprint density at radius 3 is 2.48 bits per heavy atom. The first kappa shape index (κ1) is 23.3. The third-order valence-electron chi connectivity index (χ3n) is 5.64. The summed E-state index contributed by atoms with van der Waals surface area (Å²) in [6.45, 7) is 6.26. The Morgan fingerprint density at radius 1 is 1.26 bits per heavy atom. The summed E-state index contributed by atoms with van der Waals surface area (Å²) in [7, 11) is 1.89. The molecule has 0 spiro atoms. The number of aliphatic hydroxyl groups excluding tert-OH is 1. The zero-order valence-electron chi connectivity index (χ0n) is 18.4. The molecule has 3 N–H and O–H groups in total. The molecule has 0 radical (unpaired) electrons. The SMILES string of the molecule is Cn1nccc1-c1ccc(CNC(=O)[C@@H]2C[C@@H](O)CN2C(=O)[C@@H](NS)C(C)(C)C)cc1. The molecule has 2 amide bonds. The van der Waals surface area contributed by atoms with Gasteiger partial charge in [0, 0.05) is 32.8 Å². The Bertz CT molecular complexity index is 922. The molecule has 9 heteroatoms. The highest BCUT2D eigenvalue weighted by Crippen LogP contribution is 2.26. The summed E-state index contributed by atoms with van der Waals surface area (Å²) in [6.07, 6.45) is 1.25. The zero-order chi connectivity index (χ0) is 22.8. The molecule has 1 saturated heterocycles. The van der Waals surface area contributed by atoms with Gasteiger partial charge in [-0.1, -0.05) is 57.9 Å². The van der Waals surface area contributed by atoms with Crippen molar-refractivity contribution in [1.29, 1.82) is 0 Å². The number of carbonyl (C=O) groups is 2. The molecular formula is C22H31N5O3S. The van der Waals surface area contributed by atoms with E-state index in [1.165, 1.54) is 4.90 Å². The van der Waals surface area contributed by atoms with E-state index >= 15 is 0 Å². The third kappa shape index (κ3) is 5.28. The highest BCUT2D eigenvalue weighted by atomic mass is 32.1. The van der Waals surface area contributed by atoms with Crippen LogP contribution in [0.1, 0.15) is 32.8 Å². The van der Waals surface area contributed by atoms with Crippen molar-refractivity contribution < 1.29 is 14.7 Å². The van der Waals surface area contributed by atoms with Gasteiger partial charge >= 0.3 is 0 Å². The van der Waals surface area contributed by atoms with Crippen LogP contribution < -0.4 is 10.0 Å². The highest BCUT2D eigenvalue weighted by molar-refractivity contribution is 7.78. The third-order valence-corrected chi connectivity index (χ3v) is 5.90. The van der Waals surface area contributed by atoms with Crippen molar-refractivity contribution in [2.24, 2.45) is 12.5 Å². The van der Waals surface area contributed by atoms with Crippen LogP contribution in [0.3, 0.4) is 0 Å². The number of nitrogens with zero attached hydrogens (tertiary/aromatic N) is 3. The van der Waals surface area contributed by atoms with Gasteiger partial charge in [0.2, 0.25) is 11.8 Å². The van der Waals surface area contributed by atoms with Crippen LogP contribution >= 0.6 is 12.8 Å². The van der Waals surface area contributed by atoms with Gasteiger partial charge < -0.3 is 15.3 Å². The predicted molar refractivity (Wildman–Crippen MR) is 122 cm³/mol. The number of likely N-dealkylation sites (tertiary alicyclic amines) is 1. The van der Waals surface area contributed by atoms with Crippen molar-refractivity contribution in [2.75, 3.05) is 6.54 Å². The summed E-state index contributed by atoms with van der Waals surface area (Å²) in [5, 5.41) is 17.2. The van der Waals surface area contributed by atoms with Gasteiger partial charge in [-0.2, -0.15) is 5.10 Å². The lowest BCUT2D eigenvalue weighted by Crippen LogP contribution is -2.54. The van der Waals surface area contributed by atoms with Gasteiger partial charge in [-0.05, 0) is 22.6 Å². The van der Waals surface area contributed by atoms with Crippen LogP contribution in [0.2, 0.25) is 0 Å². The average Bonchev–Trinajstić information content (AvgIpc) is 3.31. The Hall–Kier alpha value is -2.36. The minimum atomic E-state index is -0.724. The largest absolute Gasteiger partial charge is 0.391 e. The fourth-order valence-corrected chi connectivity index (χ4v) is 4.35. The van der Waals surface area contributed by atoms with E-state index in [4.69, 9.17) is 0 Å². The normalized spacial score (nSPS) is 20.0. The fourth-order valence-electron chi connectivity index (χ4n) is 3.85. The number of rotatable bonds is 6. The minimum absolute atomic E-state index is 0.137. The van der Waals surface area contributed by atoms with E-state index in [0.29, 0.717) is 6.54 Å². The molecule has 3 atom stereocenters. The van der Waals surface area contributed by atoms with Gasteiger partial charge in [-0.15, -0.1) is 0 Å². The number of nitrogens with one attached hydrogen (secondary N) is 2. The molecule has 0 bridgehead atoms. The molecule has 2 heterocycles. The number of aryl methyl sites for hydroxylation is 1. The number of β-amino-alcohol motifs (C(OH)–C–C–N with tert-alkyl or cyclic N) is 1. The van der Waals surface area contributed by atoms with Gasteiger partial charge in [-0.25, -0.2) is 0 Å². The van der Waals surface area contributed by atoms with Crippen LogP contribution in [-0.2, 0) is 23.2 Å². The molecule has 8 nitrogen and oxygen atoms in total. The van der Waals surface area contributed by atoms with Crippen molar-refractivity contribution in [2.45, 2.75) is 51.9 Å². The molecular weight excluding hydrogens is 414 g/mol. The van der Waals surface area contributed by atoms with Gasteiger partial charge in [-0.3, -0.25) is 19.0 Å². The smallest absolute Gasteiger partial charge is 0.243 e. The van der Waals surface area contributed by atoms with Crippen molar-refractivity contribution in [1.82, 2.24) is 24.7 Å². The minimum Gasteiger partial charge on any atom is -0.391 e. The summed E-state index contributed by atoms with van der Waals surface area (Å²) >= 11 is 4.10. The maximum absolute atomic E-state index is 13.1. The van der Waals surface area contributed by atoms with E-state index in [-0.39, 0.29) is 30.2 Å². The topological polar surface area (TPSA) is 99.5 Å². The van der Waals surface area contributed by atoms with E-state index in [2.05, 4.69) is 28.0 Å².